The zero-order chi connectivity index (χ0) is 16.4. The van der Waals surface area contributed by atoms with Crippen molar-refractivity contribution in [3.05, 3.63) is 42.0 Å². The summed E-state index contributed by atoms with van der Waals surface area (Å²) in [5, 5.41) is 21.7. The molecule has 0 fully saturated rings. The van der Waals surface area contributed by atoms with Gasteiger partial charge in [0.1, 0.15) is 0 Å². The first kappa shape index (κ1) is 18.4. The Bertz CT molecular complexity index is 534. The van der Waals surface area contributed by atoms with Crippen LogP contribution in [0.25, 0.3) is 5.57 Å². The van der Waals surface area contributed by atoms with Crippen molar-refractivity contribution in [2.75, 3.05) is 23.5 Å². The first-order valence-electron chi connectivity index (χ1n) is 6.88. The zero-order valence-corrected chi connectivity index (χ0v) is 14.9. The number of hydrogen-bond acceptors (Lipinski definition) is 2. The monoisotopic (exact) mass is 382 g/mol. The predicted octanol–water partition coefficient (Wildman–Crippen LogP) is 4.08. The van der Waals surface area contributed by atoms with Crippen molar-refractivity contribution in [2.24, 2.45) is 10.8 Å². The molecule has 0 atom stereocenters. The maximum absolute atomic E-state index is 10.8. The van der Waals surface area contributed by atoms with E-state index in [1.807, 2.05) is 30.3 Å². The minimum atomic E-state index is -2.19. The molecule has 0 saturated carbocycles. The van der Waals surface area contributed by atoms with E-state index in [1.165, 1.54) is 0 Å². The highest BCUT2D eigenvalue weighted by molar-refractivity contribution is 6.23. The molecule has 22 heavy (non-hydrogen) atoms. The maximum Gasteiger partial charge on any atom is 0.182 e. The number of alkyl halides is 4. The minimum absolute atomic E-state index is 0.0107. The summed E-state index contributed by atoms with van der Waals surface area (Å²) in [7, 11) is 0. The third kappa shape index (κ3) is 2.68. The van der Waals surface area contributed by atoms with Crippen LogP contribution in [0.3, 0.4) is 0 Å². The predicted molar refractivity (Wildman–Crippen MR) is 94.0 cm³/mol. The van der Waals surface area contributed by atoms with Crippen LogP contribution in [0, 0.1) is 10.8 Å². The molecule has 2 N–H and O–H groups in total. The Morgan fingerprint density at radius 3 is 1.86 bits per heavy atom. The molecule has 1 aromatic carbocycles. The van der Waals surface area contributed by atoms with E-state index >= 15 is 0 Å². The number of aliphatic hydroxyl groups is 2. The summed E-state index contributed by atoms with van der Waals surface area (Å²) in [5.41, 5.74) is -0.456. The van der Waals surface area contributed by atoms with Crippen LogP contribution >= 0.6 is 46.4 Å². The van der Waals surface area contributed by atoms with Crippen LogP contribution in [-0.4, -0.2) is 39.5 Å². The van der Waals surface area contributed by atoms with E-state index in [2.05, 4.69) is 0 Å². The maximum atomic E-state index is 10.8. The molecule has 0 heterocycles. The number of benzene rings is 1. The lowest BCUT2D eigenvalue weighted by atomic mass is 9.60. The number of rotatable bonds is 5. The summed E-state index contributed by atoms with van der Waals surface area (Å²) < 4.78 is 0. The molecular formula is C16H18Cl4O2. The first-order valence-corrected chi connectivity index (χ1v) is 9.01. The molecule has 6 heteroatoms. The molecule has 1 aromatic rings. The van der Waals surface area contributed by atoms with Gasteiger partial charge in [-0.1, -0.05) is 36.4 Å². The molecular weight excluding hydrogens is 366 g/mol. The fraction of sp³-hybridized carbons (Fsp3) is 0.500. The van der Waals surface area contributed by atoms with Gasteiger partial charge in [0.25, 0.3) is 0 Å². The van der Waals surface area contributed by atoms with E-state index < -0.39 is 16.6 Å². The van der Waals surface area contributed by atoms with E-state index in [0.29, 0.717) is 6.42 Å². The van der Waals surface area contributed by atoms with Gasteiger partial charge in [0.05, 0.1) is 10.8 Å². The van der Waals surface area contributed by atoms with Crippen molar-refractivity contribution in [1.29, 1.82) is 0 Å². The highest BCUT2D eigenvalue weighted by atomic mass is 35.5. The average Bonchev–Trinajstić information content (AvgIpc) is 2.56. The average molecular weight is 384 g/mol. The van der Waals surface area contributed by atoms with E-state index in [4.69, 9.17) is 46.4 Å². The molecule has 0 radical (unpaired) electrons. The molecule has 2 nitrogen and oxygen atoms in total. The quantitative estimate of drug-likeness (QED) is 0.594. The van der Waals surface area contributed by atoms with E-state index in [-0.39, 0.29) is 23.5 Å². The van der Waals surface area contributed by atoms with Gasteiger partial charge in [0.15, 0.2) is 5.79 Å². The lowest BCUT2D eigenvalue weighted by molar-refractivity contribution is -0.280. The van der Waals surface area contributed by atoms with Crippen LogP contribution in [0.4, 0.5) is 0 Å². The third-order valence-corrected chi connectivity index (χ3v) is 6.52. The van der Waals surface area contributed by atoms with Gasteiger partial charge in [-0.25, -0.2) is 0 Å². The van der Waals surface area contributed by atoms with Crippen LogP contribution in [0.15, 0.2) is 36.4 Å². The molecule has 0 aromatic heterocycles. The summed E-state index contributed by atoms with van der Waals surface area (Å²) >= 11 is 24.4. The van der Waals surface area contributed by atoms with E-state index in [9.17, 15) is 10.2 Å². The molecule has 0 spiro atoms. The Kier molecular flexibility index (Phi) is 5.75. The molecule has 122 valence electrons. The van der Waals surface area contributed by atoms with Crippen molar-refractivity contribution in [2.45, 2.75) is 12.2 Å². The summed E-state index contributed by atoms with van der Waals surface area (Å²) in [4.78, 5) is 0. The highest BCUT2D eigenvalue weighted by Gasteiger charge is 2.62. The topological polar surface area (TPSA) is 40.5 Å². The van der Waals surface area contributed by atoms with Crippen LogP contribution in [0.2, 0.25) is 0 Å². The van der Waals surface area contributed by atoms with Gasteiger partial charge in [0.2, 0.25) is 0 Å². The SMILES string of the molecule is OC1(O)C(CCl)(CCl)C=C(c2ccccc2)CC1(CCl)CCl. The second-order valence-electron chi connectivity index (χ2n) is 5.86. The van der Waals surface area contributed by atoms with Crippen LogP contribution in [0.5, 0.6) is 0 Å². The Hall–Kier alpha value is 0.0400. The molecule has 2 rings (SSSR count). The first-order chi connectivity index (χ1) is 10.4. The molecule has 1 aliphatic carbocycles. The molecule has 0 aliphatic heterocycles. The Balaban J connectivity index is 2.65. The summed E-state index contributed by atoms with van der Waals surface area (Å²) in [6, 6.07) is 9.66. The fourth-order valence-corrected chi connectivity index (χ4v) is 4.61. The number of allylic oxidation sites excluding steroid dienone is 1. The van der Waals surface area contributed by atoms with Crippen molar-refractivity contribution < 1.29 is 10.2 Å². The lowest BCUT2D eigenvalue weighted by Crippen LogP contribution is -2.64. The summed E-state index contributed by atoms with van der Waals surface area (Å²) in [6.45, 7) is 0. The zero-order valence-electron chi connectivity index (χ0n) is 11.9. The fourth-order valence-electron chi connectivity index (χ4n) is 2.95. The largest absolute Gasteiger partial charge is 0.364 e. The van der Waals surface area contributed by atoms with Gasteiger partial charge in [-0.15, -0.1) is 46.4 Å². The van der Waals surface area contributed by atoms with Crippen molar-refractivity contribution in [3.8, 4) is 0 Å². The minimum Gasteiger partial charge on any atom is -0.364 e. The second-order valence-corrected chi connectivity index (χ2v) is 6.92. The van der Waals surface area contributed by atoms with E-state index in [1.54, 1.807) is 6.08 Å². The molecule has 1 aliphatic rings. The third-order valence-electron chi connectivity index (χ3n) is 4.55. The molecule has 0 bridgehead atoms. The van der Waals surface area contributed by atoms with Crippen molar-refractivity contribution in [1.82, 2.24) is 0 Å². The number of hydrogen-bond donors (Lipinski definition) is 2. The summed E-state index contributed by atoms with van der Waals surface area (Å²) in [6.07, 6.45) is 2.10. The highest BCUT2D eigenvalue weighted by Crippen LogP contribution is 2.55. The van der Waals surface area contributed by atoms with Gasteiger partial charge in [0, 0.05) is 23.5 Å². The molecule has 0 amide bonds. The van der Waals surface area contributed by atoms with Gasteiger partial charge >= 0.3 is 0 Å². The van der Waals surface area contributed by atoms with E-state index in [0.717, 1.165) is 11.1 Å². The smallest absolute Gasteiger partial charge is 0.182 e. The Labute approximate surface area is 150 Å². The Morgan fingerprint density at radius 1 is 0.864 bits per heavy atom. The Morgan fingerprint density at radius 2 is 1.41 bits per heavy atom. The van der Waals surface area contributed by atoms with Gasteiger partial charge in [-0.2, -0.15) is 0 Å². The van der Waals surface area contributed by atoms with Crippen molar-refractivity contribution >= 4 is 52.0 Å². The van der Waals surface area contributed by atoms with Gasteiger partial charge in [-0.3, -0.25) is 0 Å². The lowest BCUT2D eigenvalue weighted by Gasteiger charge is -2.54. The summed E-state index contributed by atoms with van der Waals surface area (Å²) in [5.74, 6) is -2.30. The van der Waals surface area contributed by atoms with Crippen molar-refractivity contribution in [3.63, 3.8) is 0 Å². The van der Waals surface area contributed by atoms with Crippen LogP contribution in [-0.2, 0) is 0 Å². The van der Waals surface area contributed by atoms with Gasteiger partial charge in [-0.05, 0) is 17.6 Å². The number of halogens is 4. The molecule has 0 unspecified atom stereocenters. The standard InChI is InChI=1S/C16H18Cl4O2/c17-8-14(9-18)6-13(12-4-2-1-3-5-12)7-15(10-19,11-20)16(14,21)22/h1-6,21-22H,7-11H2. The van der Waals surface area contributed by atoms with Gasteiger partial charge < -0.3 is 10.2 Å². The van der Waals surface area contributed by atoms with Crippen LogP contribution < -0.4 is 0 Å². The van der Waals surface area contributed by atoms with Crippen LogP contribution in [0.1, 0.15) is 12.0 Å². The molecule has 0 saturated heterocycles. The normalized spacial score (nSPS) is 22.2. The second kappa shape index (κ2) is 6.88.